The van der Waals surface area contributed by atoms with Gasteiger partial charge in [0, 0.05) is 12.4 Å². The Labute approximate surface area is 60.8 Å². The number of allylic oxidation sites excluding steroid dienone is 1. The van der Waals surface area contributed by atoms with Crippen LogP contribution in [0.3, 0.4) is 0 Å². The minimum Gasteiger partial charge on any atom is -0.242 e. The molecule has 0 aliphatic rings. The molecule has 0 heterocycles. The van der Waals surface area contributed by atoms with Gasteiger partial charge in [-0.3, -0.25) is 0 Å². The second-order valence-electron chi connectivity index (χ2n) is 1.54. The van der Waals surface area contributed by atoms with E-state index in [1.165, 1.54) is 6.20 Å². The van der Waals surface area contributed by atoms with Crippen LogP contribution in [-0.2, 0) is 10.2 Å². The first-order valence-electron chi connectivity index (χ1n) is 2.59. The molecule has 0 rings (SSSR count). The fourth-order valence-electron chi connectivity index (χ4n) is 0.397. The van der Waals surface area contributed by atoms with Gasteiger partial charge in [-0.1, -0.05) is 12.7 Å². The van der Waals surface area contributed by atoms with Gasteiger partial charge in [-0.05, 0) is 6.92 Å². The van der Waals surface area contributed by atoms with Gasteiger partial charge in [0.25, 0.3) is 0 Å². The highest BCUT2D eigenvalue weighted by molar-refractivity contribution is 7.87. The highest BCUT2D eigenvalue weighted by Gasteiger charge is 2.06. The first kappa shape index (κ1) is 9.19. The second kappa shape index (κ2) is 3.38. The van der Waals surface area contributed by atoms with Crippen LogP contribution in [-0.4, -0.2) is 12.7 Å². The summed E-state index contributed by atoms with van der Waals surface area (Å²) in [5.41, 5.74) is 0. The Hall–Kier alpha value is -0.810. The number of nitrogens with two attached hydrogens (primary N) is 1. The van der Waals surface area contributed by atoms with Crippen molar-refractivity contribution in [3.05, 3.63) is 25.1 Å². The first-order chi connectivity index (χ1) is 4.52. The van der Waals surface area contributed by atoms with Crippen molar-refractivity contribution in [3.63, 3.8) is 0 Å². The van der Waals surface area contributed by atoms with Gasteiger partial charge in [0.1, 0.15) is 0 Å². The van der Waals surface area contributed by atoms with Crippen molar-refractivity contribution in [3.8, 4) is 0 Å². The summed E-state index contributed by atoms with van der Waals surface area (Å²) in [6.07, 6.45) is 3.98. The van der Waals surface area contributed by atoms with Crippen molar-refractivity contribution in [1.82, 2.24) is 4.31 Å². The molecule has 0 radical (unpaired) electrons. The van der Waals surface area contributed by atoms with Gasteiger partial charge in [0.2, 0.25) is 0 Å². The summed E-state index contributed by atoms with van der Waals surface area (Å²) in [6, 6.07) is 0. The van der Waals surface area contributed by atoms with Crippen LogP contribution in [0.5, 0.6) is 0 Å². The molecule has 0 unspecified atom stereocenters. The van der Waals surface area contributed by atoms with E-state index >= 15 is 0 Å². The van der Waals surface area contributed by atoms with Crippen LogP contribution < -0.4 is 5.14 Å². The summed E-state index contributed by atoms with van der Waals surface area (Å²) < 4.78 is 21.9. The lowest BCUT2D eigenvalue weighted by Gasteiger charge is -2.09. The monoisotopic (exact) mass is 162 g/mol. The molecule has 4 nitrogen and oxygen atoms in total. The topological polar surface area (TPSA) is 63.4 Å². The van der Waals surface area contributed by atoms with Gasteiger partial charge in [0.05, 0.1) is 0 Å². The van der Waals surface area contributed by atoms with Gasteiger partial charge in [0.15, 0.2) is 0 Å². The molecular weight excluding hydrogens is 152 g/mol. The quantitative estimate of drug-likeness (QED) is 0.643. The first-order valence-corrected chi connectivity index (χ1v) is 4.09. The van der Waals surface area contributed by atoms with Crippen LogP contribution in [0.25, 0.3) is 0 Å². The van der Waals surface area contributed by atoms with Crippen molar-refractivity contribution in [2.24, 2.45) is 5.14 Å². The van der Waals surface area contributed by atoms with E-state index in [1.54, 1.807) is 13.0 Å². The summed E-state index contributed by atoms with van der Waals surface area (Å²) in [4.78, 5) is 0. The third kappa shape index (κ3) is 2.65. The molecule has 0 spiro atoms. The average Bonchev–Trinajstić information content (AvgIpc) is 1.80. The summed E-state index contributed by atoms with van der Waals surface area (Å²) in [5.74, 6) is 0. The van der Waals surface area contributed by atoms with Gasteiger partial charge in [-0.2, -0.15) is 8.42 Å². The van der Waals surface area contributed by atoms with E-state index < -0.39 is 10.2 Å². The van der Waals surface area contributed by atoms with E-state index in [0.29, 0.717) is 0 Å². The molecule has 0 aliphatic heterocycles. The Morgan fingerprint density at radius 1 is 1.60 bits per heavy atom. The zero-order valence-corrected chi connectivity index (χ0v) is 6.50. The minimum absolute atomic E-state index is 0.826. The lowest BCUT2D eigenvalue weighted by Crippen LogP contribution is -2.27. The van der Waals surface area contributed by atoms with Crippen LogP contribution in [0.15, 0.2) is 25.1 Å². The Kier molecular flexibility index (Phi) is 3.11. The zero-order valence-electron chi connectivity index (χ0n) is 5.69. The maximum Gasteiger partial charge on any atom is 0.302 e. The molecular formula is C5H10N2O2S. The van der Waals surface area contributed by atoms with Gasteiger partial charge >= 0.3 is 10.2 Å². The normalized spacial score (nSPS) is 11.8. The number of rotatable bonds is 3. The second-order valence-corrected chi connectivity index (χ2v) is 2.99. The summed E-state index contributed by atoms with van der Waals surface area (Å²) in [7, 11) is -3.65. The predicted molar refractivity (Wildman–Crippen MR) is 40.0 cm³/mol. The smallest absolute Gasteiger partial charge is 0.242 e. The van der Waals surface area contributed by atoms with Gasteiger partial charge < -0.3 is 0 Å². The minimum atomic E-state index is -3.65. The molecule has 0 aliphatic carbocycles. The van der Waals surface area contributed by atoms with E-state index in [9.17, 15) is 8.42 Å². The van der Waals surface area contributed by atoms with Crippen molar-refractivity contribution in [1.29, 1.82) is 0 Å². The predicted octanol–water partition coefficient (Wildman–Crippen LogP) is 0.169. The van der Waals surface area contributed by atoms with E-state index in [2.05, 4.69) is 6.58 Å². The standard InChI is InChI=1S/C5H10N2O2S/c1-3-5-7(4-2)10(6,8)9/h3-5H,2H2,1H3,(H2,6,8,9)/b5-3-. The average molecular weight is 162 g/mol. The van der Waals surface area contributed by atoms with Crippen LogP contribution in [0.1, 0.15) is 6.92 Å². The van der Waals surface area contributed by atoms with Gasteiger partial charge in [-0.15, -0.1) is 0 Å². The molecule has 0 saturated carbocycles. The lowest BCUT2D eigenvalue weighted by atomic mass is 10.7. The Balaban J connectivity index is 4.54. The molecule has 0 fully saturated rings. The molecule has 0 aromatic rings. The Morgan fingerprint density at radius 3 is 2.20 bits per heavy atom. The molecule has 0 bridgehead atoms. The fourth-order valence-corrected chi connectivity index (χ4v) is 0.896. The number of hydrogen-bond acceptors (Lipinski definition) is 2. The molecule has 0 amide bonds. The Bertz CT molecular complexity index is 230. The van der Waals surface area contributed by atoms with Crippen LogP contribution in [0.4, 0.5) is 0 Å². The fraction of sp³-hybridized carbons (Fsp3) is 0.200. The van der Waals surface area contributed by atoms with Crippen molar-refractivity contribution >= 4 is 10.2 Å². The lowest BCUT2D eigenvalue weighted by molar-refractivity contribution is 0.555. The SMILES string of the molecule is C=CN(/C=C\C)S(N)(=O)=O. The van der Waals surface area contributed by atoms with Crippen molar-refractivity contribution < 1.29 is 8.42 Å². The third-order valence-corrected chi connectivity index (χ3v) is 1.63. The zero-order chi connectivity index (χ0) is 8.20. The van der Waals surface area contributed by atoms with E-state index in [0.717, 1.165) is 10.5 Å². The molecule has 0 atom stereocenters. The maximum absolute atomic E-state index is 10.5. The van der Waals surface area contributed by atoms with Crippen molar-refractivity contribution in [2.75, 3.05) is 0 Å². The molecule has 0 aromatic carbocycles. The highest BCUT2D eigenvalue weighted by atomic mass is 32.2. The molecule has 5 heteroatoms. The van der Waals surface area contributed by atoms with Crippen molar-refractivity contribution in [2.45, 2.75) is 6.92 Å². The molecule has 10 heavy (non-hydrogen) atoms. The number of nitrogens with zero attached hydrogens (tertiary/aromatic N) is 1. The van der Waals surface area contributed by atoms with E-state index in [4.69, 9.17) is 5.14 Å². The van der Waals surface area contributed by atoms with Crippen LogP contribution >= 0.6 is 0 Å². The maximum atomic E-state index is 10.5. The molecule has 58 valence electrons. The van der Waals surface area contributed by atoms with Gasteiger partial charge in [-0.25, -0.2) is 9.44 Å². The van der Waals surface area contributed by atoms with E-state index in [1.807, 2.05) is 0 Å². The van der Waals surface area contributed by atoms with Crippen LogP contribution in [0, 0.1) is 0 Å². The summed E-state index contributed by atoms with van der Waals surface area (Å²) >= 11 is 0. The largest absolute Gasteiger partial charge is 0.302 e. The van der Waals surface area contributed by atoms with Crippen LogP contribution in [0.2, 0.25) is 0 Å². The van der Waals surface area contributed by atoms with E-state index in [-0.39, 0.29) is 0 Å². The third-order valence-electron chi connectivity index (χ3n) is 0.770. The highest BCUT2D eigenvalue weighted by Crippen LogP contribution is 1.94. The summed E-state index contributed by atoms with van der Waals surface area (Å²) in [5, 5.41) is 4.75. The number of hydrogen-bond donors (Lipinski definition) is 1. The molecule has 0 aromatic heterocycles. The molecule has 0 saturated heterocycles. The summed E-state index contributed by atoms with van der Waals surface area (Å²) in [6.45, 7) is 4.94. The Morgan fingerprint density at radius 2 is 2.10 bits per heavy atom. The molecule has 2 N–H and O–H groups in total.